The lowest BCUT2D eigenvalue weighted by Crippen LogP contribution is -2.37. The normalized spacial score (nSPS) is 22.5. The molecule has 0 bridgehead atoms. The number of ether oxygens (including phenoxy) is 2. The van der Waals surface area contributed by atoms with Gasteiger partial charge in [0.2, 0.25) is 6.79 Å². The zero-order valence-electron chi connectivity index (χ0n) is 11.5. The van der Waals surface area contributed by atoms with Crippen LogP contribution in [0.5, 0.6) is 11.5 Å². The van der Waals surface area contributed by atoms with Crippen LogP contribution in [-0.4, -0.2) is 37.9 Å². The van der Waals surface area contributed by atoms with E-state index in [9.17, 15) is 0 Å². The number of anilines is 1. The smallest absolute Gasteiger partial charge is 0.231 e. The van der Waals surface area contributed by atoms with Gasteiger partial charge in [0, 0.05) is 24.3 Å². The van der Waals surface area contributed by atoms with Gasteiger partial charge in [-0.1, -0.05) is 6.42 Å². The van der Waals surface area contributed by atoms with Crippen LogP contribution in [0.25, 0.3) is 0 Å². The maximum absolute atomic E-state index is 5.38. The first-order valence-corrected chi connectivity index (χ1v) is 7.17. The quantitative estimate of drug-likeness (QED) is 0.904. The van der Waals surface area contributed by atoms with Gasteiger partial charge in [-0.3, -0.25) is 0 Å². The van der Waals surface area contributed by atoms with Gasteiger partial charge < -0.3 is 19.7 Å². The molecule has 1 aromatic rings. The van der Waals surface area contributed by atoms with Crippen molar-refractivity contribution in [2.24, 2.45) is 0 Å². The molecule has 2 aliphatic heterocycles. The molecule has 0 aromatic heterocycles. The van der Waals surface area contributed by atoms with Crippen molar-refractivity contribution in [1.29, 1.82) is 0 Å². The Balaban J connectivity index is 1.49. The standard InChI is InChI=1S/C15H22N2O2/c1-17-9-3-2-4-13(17)7-8-16-12-5-6-14-15(10-12)19-11-18-14/h5-6,10,13,16H,2-4,7-9,11H2,1H3. The number of nitrogens with one attached hydrogen (secondary N) is 1. The Morgan fingerprint density at radius 1 is 1.26 bits per heavy atom. The minimum atomic E-state index is 0.339. The van der Waals surface area contributed by atoms with Crippen molar-refractivity contribution in [3.05, 3.63) is 18.2 Å². The molecule has 4 heteroatoms. The Morgan fingerprint density at radius 2 is 2.16 bits per heavy atom. The third-order valence-corrected chi connectivity index (χ3v) is 4.10. The lowest BCUT2D eigenvalue weighted by Gasteiger charge is -2.32. The van der Waals surface area contributed by atoms with E-state index in [0.29, 0.717) is 6.79 Å². The molecule has 0 aliphatic carbocycles. The van der Waals surface area contributed by atoms with Crippen LogP contribution in [0.3, 0.4) is 0 Å². The zero-order chi connectivity index (χ0) is 13.1. The van der Waals surface area contributed by atoms with E-state index in [1.165, 1.54) is 32.2 Å². The fourth-order valence-corrected chi connectivity index (χ4v) is 2.90. The van der Waals surface area contributed by atoms with Crippen LogP contribution in [0.1, 0.15) is 25.7 Å². The number of piperidine rings is 1. The third-order valence-electron chi connectivity index (χ3n) is 4.10. The van der Waals surface area contributed by atoms with Gasteiger partial charge in [-0.05, 0) is 45.0 Å². The van der Waals surface area contributed by atoms with Crippen molar-refractivity contribution in [2.75, 3.05) is 32.2 Å². The molecule has 1 fully saturated rings. The first-order chi connectivity index (χ1) is 9.33. The molecule has 1 unspecified atom stereocenters. The second-order valence-electron chi connectivity index (χ2n) is 5.41. The van der Waals surface area contributed by atoms with Gasteiger partial charge in [-0.15, -0.1) is 0 Å². The first kappa shape index (κ1) is 12.6. The Kier molecular flexibility index (Phi) is 3.78. The summed E-state index contributed by atoms with van der Waals surface area (Å²) in [5.74, 6) is 1.69. The maximum atomic E-state index is 5.38. The van der Waals surface area contributed by atoms with Crippen molar-refractivity contribution >= 4 is 5.69 Å². The summed E-state index contributed by atoms with van der Waals surface area (Å²) in [4.78, 5) is 2.49. The van der Waals surface area contributed by atoms with Crippen molar-refractivity contribution in [2.45, 2.75) is 31.7 Å². The number of rotatable bonds is 4. The Labute approximate surface area is 114 Å². The monoisotopic (exact) mass is 262 g/mol. The number of hydrogen-bond donors (Lipinski definition) is 1. The lowest BCUT2D eigenvalue weighted by molar-refractivity contribution is 0.174. The van der Waals surface area contributed by atoms with E-state index >= 15 is 0 Å². The van der Waals surface area contributed by atoms with Crippen LogP contribution in [0.15, 0.2) is 18.2 Å². The molecule has 1 atom stereocenters. The van der Waals surface area contributed by atoms with Gasteiger partial charge in [-0.2, -0.15) is 0 Å². The van der Waals surface area contributed by atoms with Crippen molar-refractivity contribution in [3.8, 4) is 11.5 Å². The molecule has 3 rings (SSSR count). The molecule has 2 heterocycles. The molecular weight excluding hydrogens is 240 g/mol. The van der Waals surface area contributed by atoms with Gasteiger partial charge >= 0.3 is 0 Å². The van der Waals surface area contributed by atoms with Gasteiger partial charge in [-0.25, -0.2) is 0 Å². The summed E-state index contributed by atoms with van der Waals surface area (Å²) in [5, 5.41) is 3.48. The summed E-state index contributed by atoms with van der Waals surface area (Å²) in [6.45, 7) is 2.59. The molecule has 0 saturated carbocycles. The summed E-state index contributed by atoms with van der Waals surface area (Å²) in [6, 6.07) is 6.78. The predicted molar refractivity (Wildman–Crippen MR) is 75.9 cm³/mol. The fraction of sp³-hybridized carbons (Fsp3) is 0.600. The van der Waals surface area contributed by atoms with E-state index in [-0.39, 0.29) is 0 Å². The molecule has 1 N–H and O–H groups in total. The summed E-state index contributed by atoms with van der Waals surface area (Å²) >= 11 is 0. The van der Waals surface area contributed by atoms with Gasteiger partial charge in [0.1, 0.15) is 0 Å². The van der Waals surface area contributed by atoms with E-state index in [1.54, 1.807) is 0 Å². The molecule has 0 amide bonds. The number of fused-ring (bicyclic) bond motifs is 1. The lowest BCUT2D eigenvalue weighted by atomic mass is 10.0. The average molecular weight is 262 g/mol. The van der Waals surface area contributed by atoms with Crippen molar-refractivity contribution in [3.63, 3.8) is 0 Å². The van der Waals surface area contributed by atoms with Crippen LogP contribution in [0.4, 0.5) is 5.69 Å². The number of benzene rings is 1. The van der Waals surface area contributed by atoms with Crippen LogP contribution < -0.4 is 14.8 Å². The van der Waals surface area contributed by atoms with Gasteiger partial charge in [0.25, 0.3) is 0 Å². The summed E-state index contributed by atoms with van der Waals surface area (Å²) < 4.78 is 10.7. The average Bonchev–Trinajstić information content (AvgIpc) is 2.88. The topological polar surface area (TPSA) is 33.7 Å². The number of hydrogen-bond acceptors (Lipinski definition) is 4. The molecule has 1 aromatic carbocycles. The van der Waals surface area contributed by atoms with E-state index < -0.39 is 0 Å². The molecule has 1 saturated heterocycles. The molecule has 4 nitrogen and oxygen atoms in total. The van der Waals surface area contributed by atoms with E-state index in [4.69, 9.17) is 9.47 Å². The summed E-state index contributed by atoms with van der Waals surface area (Å²) in [6.07, 6.45) is 5.26. The molecular formula is C15H22N2O2. The molecule has 0 radical (unpaired) electrons. The number of likely N-dealkylation sites (tertiary alicyclic amines) is 1. The minimum Gasteiger partial charge on any atom is -0.454 e. The van der Waals surface area contributed by atoms with Crippen LogP contribution in [-0.2, 0) is 0 Å². The second-order valence-corrected chi connectivity index (χ2v) is 5.41. The van der Waals surface area contributed by atoms with Crippen LogP contribution >= 0.6 is 0 Å². The first-order valence-electron chi connectivity index (χ1n) is 7.17. The molecule has 2 aliphatic rings. The molecule has 0 spiro atoms. The highest BCUT2D eigenvalue weighted by Crippen LogP contribution is 2.34. The highest BCUT2D eigenvalue weighted by molar-refractivity contribution is 5.55. The Morgan fingerprint density at radius 3 is 3.05 bits per heavy atom. The SMILES string of the molecule is CN1CCCCC1CCNc1ccc2c(c1)OCO2. The van der Waals surface area contributed by atoms with E-state index in [0.717, 1.165) is 29.8 Å². The zero-order valence-corrected chi connectivity index (χ0v) is 11.5. The highest BCUT2D eigenvalue weighted by Gasteiger charge is 2.18. The minimum absolute atomic E-state index is 0.339. The highest BCUT2D eigenvalue weighted by atomic mass is 16.7. The number of nitrogens with zero attached hydrogens (tertiary/aromatic N) is 1. The Bertz CT molecular complexity index is 436. The summed E-state index contributed by atoms with van der Waals surface area (Å²) in [7, 11) is 2.24. The third kappa shape index (κ3) is 2.95. The van der Waals surface area contributed by atoms with Gasteiger partial charge in [0.15, 0.2) is 11.5 Å². The van der Waals surface area contributed by atoms with E-state index in [2.05, 4.69) is 23.3 Å². The largest absolute Gasteiger partial charge is 0.454 e. The van der Waals surface area contributed by atoms with Crippen LogP contribution in [0, 0.1) is 0 Å². The molecule has 19 heavy (non-hydrogen) atoms. The van der Waals surface area contributed by atoms with E-state index in [1.807, 2.05) is 12.1 Å². The summed E-state index contributed by atoms with van der Waals surface area (Å²) in [5.41, 5.74) is 1.11. The maximum Gasteiger partial charge on any atom is 0.231 e. The van der Waals surface area contributed by atoms with Crippen molar-refractivity contribution < 1.29 is 9.47 Å². The van der Waals surface area contributed by atoms with Crippen molar-refractivity contribution in [1.82, 2.24) is 4.90 Å². The fourth-order valence-electron chi connectivity index (χ4n) is 2.90. The predicted octanol–water partition coefficient (Wildman–Crippen LogP) is 2.70. The molecule has 104 valence electrons. The second kappa shape index (κ2) is 5.70. The Hall–Kier alpha value is -1.42. The van der Waals surface area contributed by atoms with Crippen LogP contribution in [0.2, 0.25) is 0 Å². The van der Waals surface area contributed by atoms with Gasteiger partial charge in [0.05, 0.1) is 0 Å².